The average Bonchev–Trinajstić information content (AvgIpc) is 3.06. The molecule has 5 nitrogen and oxygen atoms in total. The Hall–Kier alpha value is -0.750. The van der Waals surface area contributed by atoms with Crippen LogP contribution in [0.3, 0.4) is 0 Å². The van der Waals surface area contributed by atoms with Crippen LogP contribution in [0, 0.1) is 0 Å². The lowest BCUT2D eigenvalue weighted by Gasteiger charge is -2.14. The van der Waals surface area contributed by atoms with Gasteiger partial charge in [-0.05, 0) is 6.42 Å². The van der Waals surface area contributed by atoms with Gasteiger partial charge in [0.15, 0.2) is 0 Å². The molecule has 0 aromatic heterocycles. The molecule has 6 heteroatoms. The standard InChI is InChI=1S/C26H49NO4S/c1-2-3-4-5-6-7-8-9-10-11-12-13-14-15-16-17-18-19-20-27-25(29)23-24(26(27)30)32(31)22-21-28/h24,28H,2-23H2,1H3. The minimum absolute atomic E-state index is 0.0322. The van der Waals surface area contributed by atoms with Crippen molar-refractivity contribution in [2.45, 2.75) is 134 Å². The van der Waals surface area contributed by atoms with E-state index in [4.69, 9.17) is 5.11 Å². The summed E-state index contributed by atoms with van der Waals surface area (Å²) < 4.78 is 11.9. The average molecular weight is 472 g/mol. The van der Waals surface area contributed by atoms with Gasteiger partial charge in [0.2, 0.25) is 11.8 Å². The van der Waals surface area contributed by atoms with E-state index in [1.54, 1.807) is 0 Å². The minimum atomic E-state index is -1.45. The van der Waals surface area contributed by atoms with Crippen LogP contribution in [0.25, 0.3) is 0 Å². The number of carbonyl (C=O) groups excluding carboxylic acids is 2. The fourth-order valence-corrected chi connectivity index (χ4v) is 5.64. The topological polar surface area (TPSA) is 74.7 Å². The Kier molecular flexibility index (Phi) is 18.0. The van der Waals surface area contributed by atoms with Gasteiger partial charge < -0.3 is 5.11 Å². The van der Waals surface area contributed by atoms with Crippen molar-refractivity contribution in [2.75, 3.05) is 18.9 Å². The number of imide groups is 1. The highest BCUT2D eigenvalue weighted by molar-refractivity contribution is 7.86. The maximum Gasteiger partial charge on any atom is 0.245 e. The molecule has 0 aromatic carbocycles. The first-order valence-electron chi connectivity index (χ1n) is 13.4. The first kappa shape index (κ1) is 29.3. The SMILES string of the molecule is CCCCCCCCCCCCCCCCCCCCN1C(=O)CC(S(=O)CCO)C1=O. The predicted molar refractivity (Wildman–Crippen MR) is 134 cm³/mol. The summed E-state index contributed by atoms with van der Waals surface area (Å²) >= 11 is 0. The summed E-state index contributed by atoms with van der Waals surface area (Å²) in [6, 6.07) is 0. The summed E-state index contributed by atoms with van der Waals surface area (Å²) in [5, 5.41) is 8.14. The van der Waals surface area contributed by atoms with E-state index in [-0.39, 0.29) is 30.6 Å². The summed E-state index contributed by atoms with van der Waals surface area (Å²) in [5.74, 6) is -0.455. The molecule has 188 valence electrons. The molecule has 0 aliphatic carbocycles. The third kappa shape index (κ3) is 13.1. The Labute approximate surface area is 199 Å². The lowest BCUT2D eigenvalue weighted by Crippen LogP contribution is -2.34. The summed E-state index contributed by atoms with van der Waals surface area (Å²) in [6.07, 6.45) is 23.6. The van der Waals surface area contributed by atoms with Gasteiger partial charge in [-0.25, -0.2) is 0 Å². The van der Waals surface area contributed by atoms with Crippen LogP contribution >= 0.6 is 0 Å². The van der Waals surface area contributed by atoms with Crippen LogP contribution in [0.5, 0.6) is 0 Å². The Balaban J connectivity index is 1.87. The second kappa shape index (κ2) is 19.7. The van der Waals surface area contributed by atoms with Gasteiger partial charge in [0.25, 0.3) is 0 Å². The first-order chi connectivity index (χ1) is 15.6. The Bertz CT molecular complexity index is 526. The van der Waals surface area contributed by atoms with E-state index >= 15 is 0 Å². The molecule has 2 atom stereocenters. The highest BCUT2D eigenvalue weighted by Crippen LogP contribution is 2.20. The lowest BCUT2D eigenvalue weighted by molar-refractivity contribution is -0.138. The molecule has 0 aromatic rings. The molecule has 32 heavy (non-hydrogen) atoms. The molecule has 1 heterocycles. The number of amides is 2. The lowest BCUT2D eigenvalue weighted by atomic mass is 10.0. The largest absolute Gasteiger partial charge is 0.395 e. The molecular formula is C26H49NO4S. The summed E-state index contributed by atoms with van der Waals surface area (Å²) in [6.45, 7) is 2.50. The van der Waals surface area contributed by atoms with Crippen LogP contribution in [0.2, 0.25) is 0 Å². The number of aliphatic hydroxyl groups excluding tert-OH is 1. The Morgan fingerprint density at radius 3 is 1.56 bits per heavy atom. The van der Waals surface area contributed by atoms with E-state index in [9.17, 15) is 13.8 Å². The third-order valence-corrected chi connectivity index (χ3v) is 8.14. The summed E-state index contributed by atoms with van der Waals surface area (Å²) in [5.41, 5.74) is 0. The van der Waals surface area contributed by atoms with Crippen LogP contribution in [-0.4, -0.2) is 50.2 Å². The summed E-state index contributed by atoms with van der Waals surface area (Å²) in [7, 11) is -1.45. The molecule has 0 spiro atoms. The number of aliphatic hydroxyl groups is 1. The van der Waals surface area contributed by atoms with Crippen molar-refractivity contribution in [3.05, 3.63) is 0 Å². The van der Waals surface area contributed by atoms with Crippen LogP contribution < -0.4 is 0 Å². The quantitative estimate of drug-likeness (QED) is 0.158. The van der Waals surface area contributed by atoms with E-state index in [0.717, 1.165) is 19.3 Å². The number of hydrogen-bond acceptors (Lipinski definition) is 4. The van der Waals surface area contributed by atoms with Gasteiger partial charge in [0.1, 0.15) is 5.25 Å². The van der Waals surface area contributed by atoms with Crippen LogP contribution in [0.4, 0.5) is 0 Å². The molecule has 0 bridgehead atoms. The van der Waals surface area contributed by atoms with Gasteiger partial charge in [-0.2, -0.15) is 0 Å². The Morgan fingerprint density at radius 1 is 0.750 bits per heavy atom. The fraction of sp³-hybridized carbons (Fsp3) is 0.923. The predicted octanol–water partition coefficient (Wildman–Crippen LogP) is 5.90. The van der Waals surface area contributed by atoms with E-state index in [1.807, 2.05) is 0 Å². The van der Waals surface area contributed by atoms with Crippen molar-refractivity contribution in [3.63, 3.8) is 0 Å². The third-order valence-electron chi connectivity index (χ3n) is 6.55. The molecule has 1 aliphatic rings. The maximum atomic E-state index is 12.3. The van der Waals surface area contributed by atoms with Crippen LogP contribution in [0.1, 0.15) is 129 Å². The highest BCUT2D eigenvalue weighted by Gasteiger charge is 2.41. The van der Waals surface area contributed by atoms with Gasteiger partial charge in [-0.1, -0.05) is 116 Å². The number of carbonyl (C=O) groups is 2. The van der Waals surface area contributed by atoms with E-state index in [1.165, 1.54) is 101 Å². The van der Waals surface area contributed by atoms with E-state index in [2.05, 4.69) is 6.92 Å². The monoisotopic (exact) mass is 471 g/mol. The molecular weight excluding hydrogens is 422 g/mol. The number of hydrogen-bond donors (Lipinski definition) is 1. The van der Waals surface area contributed by atoms with Crippen molar-refractivity contribution in [1.29, 1.82) is 0 Å². The van der Waals surface area contributed by atoms with Crippen LogP contribution in [0.15, 0.2) is 0 Å². The molecule has 1 N–H and O–H groups in total. The zero-order chi connectivity index (χ0) is 23.4. The molecule has 0 radical (unpaired) electrons. The van der Waals surface area contributed by atoms with Gasteiger partial charge >= 0.3 is 0 Å². The van der Waals surface area contributed by atoms with Gasteiger partial charge in [0, 0.05) is 23.1 Å². The van der Waals surface area contributed by atoms with Crippen molar-refractivity contribution in [3.8, 4) is 0 Å². The van der Waals surface area contributed by atoms with Gasteiger partial charge in [0.05, 0.1) is 13.0 Å². The molecule has 1 aliphatic heterocycles. The number of likely N-dealkylation sites (tertiary alicyclic amines) is 1. The number of unbranched alkanes of at least 4 members (excludes halogenated alkanes) is 17. The highest BCUT2D eigenvalue weighted by atomic mass is 32.2. The number of nitrogens with zero attached hydrogens (tertiary/aromatic N) is 1. The molecule has 1 rings (SSSR count). The second-order valence-corrected chi connectivity index (χ2v) is 11.1. The molecule has 2 unspecified atom stereocenters. The molecule has 0 saturated carbocycles. The first-order valence-corrected chi connectivity index (χ1v) is 14.8. The van der Waals surface area contributed by atoms with Crippen LogP contribution in [-0.2, 0) is 20.4 Å². The molecule has 1 fully saturated rings. The summed E-state index contributed by atoms with van der Waals surface area (Å²) in [4.78, 5) is 25.6. The van der Waals surface area contributed by atoms with Crippen molar-refractivity contribution in [1.82, 2.24) is 4.90 Å². The fourth-order valence-electron chi connectivity index (χ4n) is 4.50. The normalized spacial score (nSPS) is 17.4. The Morgan fingerprint density at radius 2 is 1.16 bits per heavy atom. The van der Waals surface area contributed by atoms with Crippen molar-refractivity contribution < 1.29 is 18.9 Å². The molecule has 1 saturated heterocycles. The minimum Gasteiger partial charge on any atom is -0.395 e. The second-order valence-electron chi connectivity index (χ2n) is 9.40. The van der Waals surface area contributed by atoms with Crippen molar-refractivity contribution in [2.24, 2.45) is 0 Å². The van der Waals surface area contributed by atoms with Gasteiger partial charge in [-0.15, -0.1) is 0 Å². The zero-order valence-electron chi connectivity index (χ0n) is 20.7. The smallest absolute Gasteiger partial charge is 0.245 e. The van der Waals surface area contributed by atoms with Crippen molar-refractivity contribution >= 4 is 22.6 Å². The maximum absolute atomic E-state index is 12.3. The zero-order valence-corrected chi connectivity index (χ0v) is 21.5. The molecule has 2 amide bonds. The number of rotatable bonds is 22. The van der Waals surface area contributed by atoms with Gasteiger partial charge in [-0.3, -0.25) is 18.7 Å². The van der Waals surface area contributed by atoms with E-state index in [0.29, 0.717) is 6.54 Å². The van der Waals surface area contributed by atoms with E-state index < -0.39 is 16.0 Å².